The van der Waals surface area contributed by atoms with Gasteiger partial charge in [-0.3, -0.25) is 0 Å². The van der Waals surface area contributed by atoms with Crippen molar-refractivity contribution in [2.45, 2.75) is 0 Å². The summed E-state index contributed by atoms with van der Waals surface area (Å²) in [6, 6.07) is 12.8. The fraction of sp³-hybridized carbons (Fsp3) is 0. The summed E-state index contributed by atoms with van der Waals surface area (Å²) < 4.78 is 29.9. The molecule has 2 aromatic carbocycles. The number of halogens is 3. The van der Waals surface area contributed by atoms with Crippen molar-refractivity contribution in [2.24, 2.45) is 0 Å². The molecule has 6 heteroatoms. The summed E-state index contributed by atoms with van der Waals surface area (Å²) in [5.41, 5.74) is 2.81. The van der Waals surface area contributed by atoms with Crippen LogP contribution in [0.1, 0.15) is 0 Å². The van der Waals surface area contributed by atoms with Gasteiger partial charge < -0.3 is 0 Å². The lowest BCUT2D eigenvalue weighted by molar-refractivity contribution is 0.628. The Hall–Kier alpha value is -2.60. The van der Waals surface area contributed by atoms with Gasteiger partial charge in [0.1, 0.15) is 11.6 Å². The van der Waals surface area contributed by atoms with Crippen molar-refractivity contribution in [2.75, 3.05) is 0 Å². The van der Waals surface area contributed by atoms with Crippen molar-refractivity contribution >= 4 is 21.6 Å². The molecule has 0 radical (unpaired) electrons. The van der Waals surface area contributed by atoms with Crippen LogP contribution in [0, 0.1) is 11.6 Å². The summed E-state index contributed by atoms with van der Waals surface area (Å²) in [4.78, 5) is 4.50. The smallest absolute Gasteiger partial charge is 0.162 e. The summed E-state index contributed by atoms with van der Waals surface area (Å²) in [7, 11) is 0. The highest BCUT2D eigenvalue weighted by Crippen LogP contribution is 2.29. The Kier molecular flexibility index (Phi) is 3.61. The lowest BCUT2D eigenvalue weighted by Gasteiger charge is -2.03. The van der Waals surface area contributed by atoms with E-state index in [9.17, 15) is 8.78 Å². The van der Waals surface area contributed by atoms with Gasteiger partial charge in [-0.15, -0.1) is 0 Å². The van der Waals surface area contributed by atoms with Gasteiger partial charge >= 0.3 is 0 Å². The third-order valence-corrected chi connectivity index (χ3v) is 4.20. The van der Waals surface area contributed by atoms with E-state index in [2.05, 4.69) is 26.0 Å². The van der Waals surface area contributed by atoms with Crippen LogP contribution in [0.3, 0.4) is 0 Å². The molecule has 3 nitrogen and oxygen atoms in total. The van der Waals surface area contributed by atoms with Gasteiger partial charge in [-0.2, -0.15) is 5.10 Å². The second-order valence-electron chi connectivity index (χ2n) is 5.27. The Balaban J connectivity index is 1.91. The fourth-order valence-electron chi connectivity index (χ4n) is 2.61. The predicted molar refractivity (Wildman–Crippen MR) is 91.5 cm³/mol. The van der Waals surface area contributed by atoms with Crippen LogP contribution in [0.5, 0.6) is 0 Å². The second kappa shape index (κ2) is 5.79. The molecule has 0 saturated heterocycles. The van der Waals surface area contributed by atoms with E-state index >= 15 is 0 Å². The molecular weight excluding hydrogens is 376 g/mol. The van der Waals surface area contributed by atoms with Crippen molar-refractivity contribution in [1.29, 1.82) is 0 Å². The van der Waals surface area contributed by atoms with Crippen LogP contribution >= 0.6 is 15.9 Å². The number of aromatic nitrogens is 3. The van der Waals surface area contributed by atoms with E-state index in [1.54, 1.807) is 47.2 Å². The average Bonchev–Trinajstić information content (AvgIpc) is 2.98. The largest absolute Gasteiger partial charge is 0.226 e. The molecule has 0 amide bonds. The number of hydrogen-bond donors (Lipinski definition) is 0. The third-order valence-electron chi connectivity index (χ3n) is 3.70. The molecule has 0 unspecified atom stereocenters. The zero-order chi connectivity index (χ0) is 16.7. The number of hydrogen-bond acceptors (Lipinski definition) is 2. The Labute approximate surface area is 144 Å². The number of benzene rings is 2. The molecule has 2 heterocycles. The van der Waals surface area contributed by atoms with Crippen molar-refractivity contribution in [3.05, 3.63) is 77.0 Å². The average molecular weight is 386 g/mol. The van der Waals surface area contributed by atoms with Crippen LogP contribution in [0.2, 0.25) is 0 Å². The van der Waals surface area contributed by atoms with E-state index in [4.69, 9.17) is 0 Å². The Morgan fingerprint density at radius 1 is 0.958 bits per heavy atom. The monoisotopic (exact) mass is 385 g/mol. The third kappa shape index (κ3) is 2.59. The highest BCUT2D eigenvalue weighted by Gasteiger charge is 2.13. The van der Waals surface area contributed by atoms with E-state index in [0.717, 1.165) is 5.56 Å². The van der Waals surface area contributed by atoms with Gasteiger partial charge in [-0.05, 0) is 42.0 Å². The molecule has 0 aliphatic heterocycles. The fourth-order valence-corrected chi connectivity index (χ4v) is 2.94. The summed E-state index contributed by atoms with van der Waals surface area (Å²) in [6.07, 6.45) is 3.26. The molecule has 0 spiro atoms. The maximum atomic E-state index is 14.2. The first-order valence-corrected chi connectivity index (χ1v) is 7.97. The van der Waals surface area contributed by atoms with Gasteiger partial charge in [0, 0.05) is 21.8 Å². The lowest BCUT2D eigenvalue weighted by Crippen LogP contribution is -1.92. The van der Waals surface area contributed by atoms with Crippen molar-refractivity contribution in [3.63, 3.8) is 0 Å². The van der Waals surface area contributed by atoms with Crippen LogP contribution in [-0.4, -0.2) is 14.6 Å². The summed E-state index contributed by atoms with van der Waals surface area (Å²) in [6.45, 7) is 0. The Morgan fingerprint density at radius 3 is 2.62 bits per heavy atom. The number of imidazole rings is 1. The van der Waals surface area contributed by atoms with Crippen LogP contribution in [0.4, 0.5) is 8.78 Å². The minimum absolute atomic E-state index is 0.326. The van der Waals surface area contributed by atoms with E-state index in [1.165, 1.54) is 18.2 Å². The minimum Gasteiger partial charge on any atom is -0.226 e. The maximum Gasteiger partial charge on any atom is 0.162 e. The van der Waals surface area contributed by atoms with Crippen molar-refractivity contribution in [3.8, 4) is 22.4 Å². The standard InChI is InChI=1S/C18H10BrF2N3/c19-12-4-5-15(16(21)9-12)17-10-24-18(23-17)14(6-7-22-24)11-2-1-3-13(20)8-11/h1-10H. The summed E-state index contributed by atoms with van der Waals surface area (Å²) >= 11 is 3.24. The molecule has 4 aromatic rings. The van der Waals surface area contributed by atoms with Crippen molar-refractivity contribution < 1.29 is 8.78 Å². The summed E-state index contributed by atoms with van der Waals surface area (Å²) in [5, 5.41) is 4.21. The first-order chi connectivity index (χ1) is 11.6. The Morgan fingerprint density at radius 2 is 1.83 bits per heavy atom. The molecule has 4 rings (SSSR count). The zero-order valence-electron chi connectivity index (χ0n) is 12.2. The maximum absolute atomic E-state index is 14.2. The van der Waals surface area contributed by atoms with E-state index < -0.39 is 0 Å². The zero-order valence-corrected chi connectivity index (χ0v) is 13.8. The number of nitrogens with zero attached hydrogens (tertiary/aromatic N) is 3. The van der Waals surface area contributed by atoms with E-state index in [-0.39, 0.29) is 11.6 Å². The SMILES string of the molecule is Fc1cccc(-c2ccnn3cc(-c4ccc(Br)cc4F)nc23)c1. The molecule has 0 aliphatic carbocycles. The molecule has 24 heavy (non-hydrogen) atoms. The van der Waals surface area contributed by atoms with Gasteiger partial charge in [0.05, 0.1) is 11.9 Å². The highest BCUT2D eigenvalue weighted by molar-refractivity contribution is 9.10. The van der Waals surface area contributed by atoms with E-state index in [0.29, 0.717) is 26.9 Å². The molecule has 0 fully saturated rings. The highest BCUT2D eigenvalue weighted by atomic mass is 79.9. The Bertz CT molecular complexity index is 1060. The molecule has 0 N–H and O–H groups in total. The molecule has 0 saturated carbocycles. The minimum atomic E-state index is -0.375. The van der Waals surface area contributed by atoms with Gasteiger partial charge in [0.2, 0.25) is 0 Å². The summed E-state index contributed by atoms with van der Waals surface area (Å²) in [5.74, 6) is -0.701. The molecule has 0 aliphatic rings. The number of fused-ring (bicyclic) bond motifs is 1. The first kappa shape index (κ1) is 15.0. The normalized spacial score (nSPS) is 11.1. The van der Waals surface area contributed by atoms with Gasteiger partial charge in [0.25, 0.3) is 0 Å². The van der Waals surface area contributed by atoms with Gasteiger partial charge in [-0.1, -0.05) is 28.1 Å². The molecule has 118 valence electrons. The van der Waals surface area contributed by atoms with Crippen LogP contribution < -0.4 is 0 Å². The van der Waals surface area contributed by atoms with Crippen LogP contribution in [-0.2, 0) is 0 Å². The van der Waals surface area contributed by atoms with Gasteiger partial charge in [0.15, 0.2) is 5.65 Å². The van der Waals surface area contributed by atoms with Crippen LogP contribution in [0.15, 0.2) is 65.4 Å². The lowest BCUT2D eigenvalue weighted by atomic mass is 10.1. The molecule has 0 bridgehead atoms. The van der Waals surface area contributed by atoms with E-state index in [1.807, 2.05) is 0 Å². The predicted octanol–water partition coefficient (Wildman–Crippen LogP) is 5.10. The molecular formula is C18H10BrF2N3. The number of rotatable bonds is 2. The van der Waals surface area contributed by atoms with Crippen LogP contribution in [0.25, 0.3) is 28.0 Å². The second-order valence-corrected chi connectivity index (χ2v) is 6.19. The quantitative estimate of drug-likeness (QED) is 0.480. The molecule has 2 aromatic heterocycles. The topological polar surface area (TPSA) is 30.2 Å². The van der Waals surface area contributed by atoms with Gasteiger partial charge in [-0.25, -0.2) is 18.3 Å². The first-order valence-electron chi connectivity index (χ1n) is 7.17. The molecule has 0 atom stereocenters. The van der Waals surface area contributed by atoms with Crippen molar-refractivity contribution in [1.82, 2.24) is 14.6 Å².